The third-order valence-corrected chi connectivity index (χ3v) is 3.32. The van der Waals surface area contributed by atoms with Crippen molar-refractivity contribution in [2.24, 2.45) is 5.92 Å². The number of carbonyl (C=O) groups is 1. The van der Waals surface area contributed by atoms with Crippen molar-refractivity contribution in [1.29, 1.82) is 0 Å². The summed E-state index contributed by atoms with van der Waals surface area (Å²) in [5.74, 6) is 0.305. The molecule has 0 radical (unpaired) electrons. The standard InChI is InChI=1S/C17H21NO2/c1-12(2)9-16(11-19)18-17(20)15-8-7-13-5-3-4-6-14(13)10-15/h3-8,10,12,16,19H,9,11H2,1-2H3,(H,18,20). The smallest absolute Gasteiger partial charge is 0.251 e. The average Bonchev–Trinajstić information content (AvgIpc) is 2.45. The molecule has 3 nitrogen and oxygen atoms in total. The van der Waals surface area contributed by atoms with E-state index in [-0.39, 0.29) is 18.6 Å². The largest absolute Gasteiger partial charge is 0.394 e. The van der Waals surface area contributed by atoms with Crippen LogP contribution in [0.15, 0.2) is 42.5 Å². The van der Waals surface area contributed by atoms with Crippen LogP contribution >= 0.6 is 0 Å². The summed E-state index contributed by atoms with van der Waals surface area (Å²) in [6, 6.07) is 13.4. The Morgan fingerprint density at radius 3 is 2.50 bits per heavy atom. The minimum absolute atomic E-state index is 0.0303. The molecule has 2 aromatic carbocycles. The lowest BCUT2D eigenvalue weighted by Crippen LogP contribution is -2.38. The van der Waals surface area contributed by atoms with Crippen molar-refractivity contribution >= 4 is 16.7 Å². The van der Waals surface area contributed by atoms with Gasteiger partial charge < -0.3 is 10.4 Å². The molecular weight excluding hydrogens is 250 g/mol. The van der Waals surface area contributed by atoms with Crippen molar-refractivity contribution in [1.82, 2.24) is 5.32 Å². The van der Waals surface area contributed by atoms with Crippen molar-refractivity contribution in [2.45, 2.75) is 26.3 Å². The predicted molar refractivity (Wildman–Crippen MR) is 81.7 cm³/mol. The number of fused-ring (bicyclic) bond motifs is 1. The molecule has 2 rings (SSSR count). The third-order valence-electron chi connectivity index (χ3n) is 3.32. The summed E-state index contributed by atoms with van der Waals surface area (Å²) in [5, 5.41) is 14.4. The van der Waals surface area contributed by atoms with Crippen LogP contribution < -0.4 is 5.32 Å². The quantitative estimate of drug-likeness (QED) is 0.878. The Bertz CT molecular complexity index is 592. The minimum Gasteiger partial charge on any atom is -0.394 e. The number of aliphatic hydroxyl groups is 1. The van der Waals surface area contributed by atoms with Crippen LogP contribution in [0.4, 0.5) is 0 Å². The highest BCUT2D eigenvalue weighted by Crippen LogP contribution is 2.16. The summed E-state index contributed by atoms with van der Waals surface area (Å²) >= 11 is 0. The van der Waals surface area contributed by atoms with Gasteiger partial charge in [0, 0.05) is 5.56 Å². The molecule has 0 bridgehead atoms. The van der Waals surface area contributed by atoms with E-state index < -0.39 is 0 Å². The Kier molecular flexibility index (Phi) is 4.74. The van der Waals surface area contributed by atoms with Crippen LogP contribution in [0, 0.1) is 5.92 Å². The number of nitrogens with one attached hydrogen (secondary N) is 1. The molecule has 2 N–H and O–H groups in total. The van der Waals surface area contributed by atoms with E-state index in [1.54, 1.807) is 0 Å². The van der Waals surface area contributed by atoms with E-state index in [1.807, 2.05) is 42.5 Å². The molecule has 0 spiro atoms. The molecule has 1 amide bonds. The summed E-state index contributed by atoms with van der Waals surface area (Å²) in [4.78, 5) is 12.2. The lowest BCUT2D eigenvalue weighted by molar-refractivity contribution is 0.0908. The predicted octanol–water partition coefficient (Wildman–Crippen LogP) is 2.98. The van der Waals surface area contributed by atoms with E-state index in [9.17, 15) is 9.90 Å². The van der Waals surface area contributed by atoms with Crippen molar-refractivity contribution in [3.05, 3.63) is 48.0 Å². The van der Waals surface area contributed by atoms with E-state index in [2.05, 4.69) is 19.2 Å². The number of hydrogen-bond acceptors (Lipinski definition) is 2. The summed E-state index contributed by atoms with van der Waals surface area (Å²) in [5.41, 5.74) is 0.630. The Labute approximate surface area is 119 Å². The molecule has 0 saturated heterocycles. The van der Waals surface area contributed by atoms with Gasteiger partial charge in [-0.05, 0) is 35.2 Å². The fourth-order valence-corrected chi connectivity index (χ4v) is 2.35. The van der Waals surface area contributed by atoms with Crippen molar-refractivity contribution in [3.63, 3.8) is 0 Å². The maximum Gasteiger partial charge on any atom is 0.251 e. The second kappa shape index (κ2) is 6.53. The van der Waals surface area contributed by atoms with Gasteiger partial charge in [0.05, 0.1) is 12.6 Å². The van der Waals surface area contributed by atoms with Crippen LogP contribution in [0.2, 0.25) is 0 Å². The summed E-state index contributed by atoms with van der Waals surface area (Å²) in [6.07, 6.45) is 0.774. The number of amides is 1. The molecule has 3 heteroatoms. The topological polar surface area (TPSA) is 49.3 Å². The van der Waals surface area contributed by atoms with Crippen molar-refractivity contribution in [2.75, 3.05) is 6.61 Å². The SMILES string of the molecule is CC(C)CC(CO)NC(=O)c1ccc2ccccc2c1. The van der Waals surface area contributed by atoms with Crippen LogP contribution in [0.3, 0.4) is 0 Å². The Morgan fingerprint density at radius 1 is 1.15 bits per heavy atom. The van der Waals surface area contributed by atoms with E-state index >= 15 is 0 Å². The van der Waals surface area contributed by atoms with Gasteiger partial charge in [-0.1, -0.05) is 44.2 Å². The Morgan fingerprint density at radius 2 is 1.85 bits per heavy atom. The van der Waals surface area contributed by atoms with Gasteiger partial charge in [0.15, 0.2) is 0 Å². The Balaban J connectivity index is 2.14. The van der Waals surface area contributed by atoms with Gasteiger partial charge in [-0.15, -0.1) is 0 Å². The van der Waals surface area contributed by atoms with E-state index in [1.165, 1.54) is 0 Å². The van der Waals surface area contributed by atoms with Gasteiger partial charge in [-0.3, -0.25) is 4.79 Å². The number of benzene rings is 2. The molecule has 20 heavy (non-hydrogen) atoms. The first kappa shape index (κ1) is 14.5. The molecule has 0 saturated carbocycles. The molecule has 0 fully saturated rings. The number of hydrogen-bond donors (Lipinski definition) is 2. The van der Waals surface area contributed by atoms with Gasteiger partial charge in [-0.25, -0.2) is 0 Å². The highest BCUT2D eigenvalue weighted by Gasteiger charge is 2.14. The zero-order valence-electron chi connectivity index (χ0n) is 12.0. The lowest BCUT2D eigenvalue weighted by Gasteiger charge is -2.18. The van der Waals surface area contributed by atoms with Gasteiger partial charge in [0.25, 0.3) is 5.91 Å². The summed E-state index contributed by atoms with van der Waals surface area (Å²) < 4.78 is 0. The molecule has 1 unspecified atom stereocenters. The maximum atomic E-state index is 12.2. The summed E-state index contributed by atoms with van der Waals surface area (Å²) in [6.45, 7) is 4.12. The number of aliphatic hydroxyl groups excluding tert-OH is 1. The second-order valence-corrected chi connectivity index (χ2v) is 5.54. The number of carbonyl (C=O) groups excluding carboxylic acids is 1. The monoisotopic (exact) mass is 271 g/mol. The minimum atomic E-state index is -0.186. The van der Waals surface area contributed by atoms with Gasteiger partial charge in [0.1, 0.15) is 0 Å². The van der Waals surface area contributed by atoms with Crippen LogP contribution in [-0.2, 0) is 0 Å². The van der Waals surface area contributed by atoms with Gasteiger partial charge >= 0.3 is 0 Å². The van der Waals surface area contributed by atoms with E-state index in [0.29, 0.717) is 11.5 Å². The summed E-state index contributed by atoms with van der Waals surface area (Å²) in [7, 11) is 0. The van der Waals surface area contributed by atoms with E-state index in [0.717, 1.165) is 17.2 Å². The van der Waals surface area contributed by atoms with Crippen LogP contribution in [0.25, 0.3) is 10.8 Å². The maximum absolute atomic E-state index is 12.2. The zero-order valence-corrected chi connectivity index (χ0v) is 12.0. The lowest BCUT2D eigenvalue weighted by atomic mass is 10.0. The van der Waals surface area contributed by atoms with Crippen molar-refractivity contribution in [3.8, 4) is 0 Å². The molecule has 0 aromatic heterocycles. The normalized spacial score (nSPS) is 12.6. The van der Waals surface area contributed by atoms with Crippen molar-refractivity contribution < 1.29 is 9.90 Å². The van der Waals surface area contributed by atoms with Gasteiger partial charge in [-0.2, -0.15) is 0 Å². The molecule has 1 atom stereocenters. The second-order valence-electron chi connectivity index (χ2n) is 5.54. The Hall–Kier alpha value is -1.87. The van der Waals surface area contributed by atoms with Gasteiger partial charge in [0.2, 0.25) is 0 Å². The fourth-order valence-electron chi connectivity index (χ4n) is 2.35. The highest BCUT2D eigenvalue weighted by atomic mass is 16.3. The molecule has 106 valence electrons. The molecule has 0 aliphatic carbocycles. The molecule has 0 aliphatic heterocycles. The molecule has 2 aromatic rings. The average molecular weight is 271 g/mol. The molecule has 0 heterocycles. The van der Waals surface area contributed by atoms with E-state index in [4.69, 9.17) is 0 Å². The first-order chi connectivity index (χ1) is 9.60. The molecular formula is C17H21NO2. The third kappa shape index (κ3) is 3.58. The van der Waals surface area contributed by atoms with Crippen LogP contribution in [0.1, 0.15) is 30.6 Å². The fraction of sp³-hybridized carbons (Fsp3) is 0.353. The highest BCUT2D eigenvalue weighted by molar-refractivity contribution is 5.98. The first-order valence-electron chi connectivity index (χ1n) is 7.00. The zero-order chi connectivity index (χ0) is 14.5. The molecule has 0 aliphatic rings. The van der Waals surface area contributed by atoms with Crippen LogP contribution in [0.5, 0.6) is 0 Å². The number of rotatable bonds is 5. The first-order valence-corrected chi connectivity index (χ1v) is 7.00. The van der Waals surface area contributed by atoms with Crippen LogP contribution in [-0.4, -0.2) is 23.7 Å².